The maximum absolute atomic E-state index is 11.3. The number of carbonyl (C=O) groups is 1. The van der Waals surface area contributed by atoms with E-state index in [1.807, 2.05) is 0 Å². The normalized spacial score (nSPS) is 11.5. The Bertz CT molecular complexity index is 930. The van der Waals surface area contributed by atoms with Gasteiger partial charge in [0, 0.05) is 158 Å². The third-order valence-corrected chi connectivity index (χ3v) is 10.2. The predicted molar refractivity (Wildman–Crippen MR) is 263 cm³/mol. The summed E-state index contributed by atoms with van der Waals surface area (Å²) in [5, 5.41) is 8.74. The summed E-state index contributed by atoms with van der Waals surface area (Å²) in [6.45, 7) is 23.2. The molecule has 0 aliphatic rings. The van der Waals surface area contributed by atoms with Gasteiger partial charge in [-0.1, -0.05) is 6.58 Å². The van der Waals surface area contributed by atoms with E-state index < -0.39 is 0 Å². The zero-order chi connectivity index (χ0) is 47.6. The number of aliphatic hydroxyl groups is 1. The second-order valence-electron chi connectivity index (χ2n) is 16.9. The second-order valence-corrected chi connectivity index (χ2v) is 16.9. The summed E-state index contributed by atoms with van der Waals surface area (Å²) in [6.07, 6.45) is 24.1. The average molecular weight is 951 g/mol. The summed E-state index contributed by atoms with van der Waals surface area (Å²) < 4.78 is 67.9. The monoisotopic (exact) mass is 951 g/mol. The van der Waals surface area contributed by atoms with E-state index in [-0.39, 0.29) is 12.6 Å². The Kier molecular flexibility index (Phi) is 58.7. The molecule has 0 aliphatic heterocycles. The molecule has 394 valence electrons. The molecule has 0 aromatic carbocycles. The maximum atomic E-state index is 11.3. The zero-order valence-electron chi connectivity index (χ0n) is 42.4. The van der Waals surface area contributed by atoms with Crippen molar-refractivity contribution in [2.45, 2.75) is 161 Å². The first kappa shape index (κ1) is 64.7. The Hall–Kier alpha value is -1.27. The molecule has 0 rings (SSSR count). The molecule has 0 aromatic heterocycles. The minimum atomic E-state index is -0.324. The van der Waals surface area contributed by atoms with Crippen LogP contribution in [0.4, 0.5) is 0 Å². The lowest BCUT2D eigenvalue weighted by Crippen LogP contribution is -2.07. The second kappa shape index (κ2) is 59.9. The van der Waals surface area contributed by atoms with Crippen molar-refractivity contribution < 1.29 is 66.7 Å². The lowest BCUT2D eigenvalue weighted by Gasteiger charge is -2.08. The molecule has 66 heavy (non-hydrogen) atoms. The van der Waals surface area contributed by atoms with Gasteiger partial charge in [0.15, 0.2) is 0 Å². The molecule has 0 atom stereocenters. The number of unbranched alkanes of at least 4 members (excludes halogenated alkanes) is 12. The first-order valence-electron chi connectivity index (χ1n) is 26.5. The molecule has 0 aliphatic carbocycles. The van der Waals surface area contributed by atoms with Crippen molar-refractivity contribution in [1.29, 1.82) is 0 Å². The summed E-state index contributed by atoms with van der Waals surface area (Å²) in [6, 6.07) is 0. The fourth-order valence-corrected chi connectivity index (χ4v) is 6.12. The zero-order valence-corrected chi connectivity index (χ0v) is 42.4. The van der Waals surface area contributed by atoms with Gasteiger partial charge in [-0.3, -0.25) is 0 Å². The number of carbonyl (C=O) groups excluding carboxylic acids is 1. The largest absolute Gasteiger partial charge is 0.462 e. The molecule has 0 saturated carbocycles. The smallest absolute Gasteiger partial charge is 0.333 e. The van der Waals surface area contributed by atoms with E-state index in [0.29, 0.717) is 18.8 Å². The van der Waals surface area contributed by atoms with Gasteiger partial charge in [0.05, 0.1) is 6.61 Å². The van der Waals surface area contributed by atoms with E-state index in [1.54, 1.807) is 6.92 Å². The number of esters is 1. The van der Waals surface area contributed by atoms with Crippen LogP contribution in [0.5, 0.6) is 0 Å². The van der Waals surface area contributed by atoms with Crippen LogP contribution in [0.1, 0.15) is 161 Å². The van der Waals surface area contributed by atoms with Crippen LogP contribution >= 0.6 is 0 Å². The molecule has 0 bridgehead atoms. The topological polar surface area (TPSA) is 148 Å². The van der Waals surface area contributed by atoms with E-state index in [1.165, 1.54) is 0 Å². The highest BCUT2D eigenvalue weighted by Crippen LogP contribution is 2.03. The van der Waals surface area contributed by atoms with E-state index >= 15 is 0 Å². The van der Waals surface area contributed by atoms with Crippen molar-refractivity contribution >= 4 is 5.97 Å². The van der Waals surface area contributed by atoms with Crippen LogP contribution in [0.15, 0.2) is 12.2 Å². The van der Waals surface area contributed by atoms with Gasteiger partial charge in [-0.15, -0.1) is 0 Å². The first-order valence-corrected chi connectivity index (χ1v) is 26.5. The molecule has 14 heteroatoms. The highest BCUT2D eigenvalue weighted by Gasteiger charge is 2.03. The molecule has 0 saturated heterocycles. The molecule has 0 heterocycles. The Morgan fingerprint density at radius 3 is 0.545 bits per heavy atom. The maximum Gasteiger partial charge on any atom is 0.333 e. The van der Waals surface area contributed by atoms with Crippen LogP contribution in [-0.4, -0.2) is 170 Å². The Balaban J connectivity index is 3.08. The van der Waals surface area contributed by atoms with Crippen LogP contribution in [0, 0.1) is 0 Å². The van der Waals surface area contributed by atoms with Crippen LogP contribution in [0.2, 0.25) is 0 Å². The van der Waals surface area contributed by atoms with Crippen molar-refractivity contribution in [2.24, 2.45) is 0 Å². The molecule has 1 N–H and O–H groups in total. The predicted octanol–water partition coefficient (Wildman–Crippen LogP) is 9.64. The third kappa shape index (κ3) is 58.9. The van der Waals surface area contributed by atoms with E-state index in [4.69, 9.17) is 61.9 Å². The minimum Gasteiger partial charge on any atom is -0.462 e. The van der Waals surface area contributed by atoms with Crippen molar-refractivity contribution in [2.75, 3.05) is 159 Å². The first-order chi connectivity index (χ1) is 32.7. The van der Waals surface area contributed by atoms with Crippen molar-refractivity contribution in [3.63, 3.8) is 0 Å². The van der Waals surface area contributed by atoms with Gasteiger partial charge in [0.1, 0.15) is 0 Å². The number of hydrogen-bond donors (Lipinski definition) is 1. The van der Waals surface area contributed by atoms with Crippen LogP contribution in [0.25, 0.3) is 0 Å². The van der Waals surface area contributed by atoms with E-state index in [9.17, 15) is 4.79 Å². The summed E-state index contributed by atoms with van der Waals surface area (Å²) in [5.41, 5.74) is 0.435. The summed E-state index contributed by atoms with van der Waals surface area (Å²) in [4.78, 5) is 11.3. The van der Waals surface area contributed by atoms with Crippen LogP contribution < -0.4 is 0 Å². The van der Waals surface area contributed by atoms with Crippen molar-refractivity contribution in [1.82, 2.24) is 0 Å². The number of rotatable bonds is 60. The fraction of sp³-hybridized carbons (Fsp3) is 0.942. The molecule has 0 spiro atoms. The molecular weight excluding hydrogens is 849 g/mol. The van der Waals surface area contributed by atoms with Gasteiger partial charge in [-0.2, -0.15) is 0 Å². The highest BCUT2D eigenvalue weighted by molar-refractivity contribution is 5.86. The number of ether oxygens (including phenoxy) is 12. The summed E-state index contributed by atoms with van der Waals surface area (Å²) in [7, 11) is 0. The van der Waals surface area contributed by atoms with Gasteiger partial charge < -0.3 is 61.9 Å². The molecule has 0 unspecified atom stereocenters. The van der Waals surface area contributed by atoms with Crippen molar-refractivity contribution in [3.05, 3.63) is 12.2 Å². The molecule has 0 fully saturated rings. The molecule has 0 radical (unpaired) electrons. The van der Waals surface area contributed by atoms with E-state index in [0.717, 1.165) is 293 Å². The van der Waals surface area contributed by atoms with Crippen LogP contribution in [0.3, 0.4) is 0 Å². The molecule has 0 amide bonds. The van der Waals surface area contributed by atoms with Gasteiger partial charge in [0.25, 0.3) is 0 Å². The Morgan fingerprint density at radius 1 is 0.273 bits per heavy atom. The Labute approximate surface area is 403 Å². The van der Waals surface area contributed by atoms with Gasteiger partial charge in [0.2, 0.25) is 0 Å². The third-order valence-electron chi connectivity index (χ3n) is 10.2. The van der Waals surface area contributed by atoms with Gasteiger partial charge >= 0.3 is 5.97 Å². The Morgan fingerprint density at radius 2 is 0.409 bits per heavy atom. The SMILES string of the molecule is C=C(C)C(=O)OCCCCOCCCCOCCCCOCCCCOCCCCOCCCCOCCCCOCCCCOCCCCOCCCCOCCCCOCCCCO. The van der Waals surface area contributed by atoms with E-state index in [2.05, 4.69) is 6.58 Å². The fourth-order valence-electron chi connectivity index (χ4n) is 6.12. The number of hydrogen-bond acceptors (Lipinski definition) is 14. The number of aliphatic hydroxyl groups excluding tert-OH is 1. The quantitative estimate of drug-likeness (QED) is 0.0350. The standard InChI is InChI=1S/C52H102O14/c1-51(2)52(54)66-50-26-25-49-65-48-24-23-47-64-46-22-21-45-63-44-20-19-43-62-42-18-17-41-61-40-16-15-39-60-38-14-13-37-59-36-12-11-35-58-34-10-9-33-57-32-8-7-31-56-30-6-5-29-55-28-4-3-27-53/h53H,1,3-50H2,2H3. The van der Waals surface area contributed by atoms with Crippen molar-refractivity contribution in [3.8, 4) is 0 Å². The summed E-state index contributed by atoms with van der Waals surface area (Å²) >= 11 is 0. The lowest BCUT2D eigenvalue weighted by molar-refractivity contribution is -0.139. The average Bonchev–Trinajstić information content (AvgIpc) is 3.32. The van der Waals surface area contributed by atoms with Gasteiger partial charge in [-0.05, 0) is 161 Å². The highest BCUT2D eigenvalue weighted by atomic mass is 16.5. The van der Waals surface area contributed by atoms with Gasteiger partial charge in [-0.25, -0.2) is 4.79 Å². The molecular formula is C52H102O14. The molecule has 0 aromatic rings. The lowest BCUT2D eigenvalue weighted by atomic mass is 10.3. The van der Waals surface area contributed by atoms with Crippen LogP contribution in [-0.2, 0) is 61.6 Å². The molecule has 14 nitrogen and oxygen atoms in total. The summed E-state index contributed by atoms with van der Waals surface area (Å²) in [5.74, 6) is -0.324. The minimum absolute atomic E-state index is 0.248.